The Morgan fingerprint density at radius 3 is 2.33 bits per heavy atom. The summed E-state index contributed by atoms with van der Waals surface area (Å²) in [5, 5.41) is 12.2. The van der Waals surface area contributed by atoms with Crippen LogP contribution in [0.2, 0.25) is 10.0 Å². The fourth-order valence-electron chi connectivity index (χ4n) is 8.94. The summed E-state index contributed by atoms with van der Waals surface area (Å²) in [6.45, 7) is 0. The molecule has 3 fully saturated rings. The summed E-state index contributed by atoms with van der Waals surface area (Å²) in [7, 11) is 1.39. The van der Waals surface area contributed by atoms with Crippen LogP contribution in [0.3, 0.4) is 0 Å². The normalized spacial score (nSPS) is 26.1. The number of aromatic hydroxyl groups is 1. The first-order chi connectivity index (χ1) is 26.2. The van der Waals surface area contributed by atoms with E-state index in [0.29, 0.717) is 39.1 Å². The molecule has 2 aliphatic heterocycles. The third-order valence-corrected chi connectivity index (χ3v) is 12.5. The Morgan fingerprint density at radius 2 is 1.67 bits per heavy atom. The van der Waals surface area contributed by atoms with Crippen molar-refractivity contribution in [3.05, 3.63) is 121 Å². The largest absolute Gasteiger partial charge is 0.508 e. The minimum Gasteiger partial charge on any atom is -0.508 e. The Morgan fingerprint density at radius 1 is 0.964 bits per heavy atom. The summed E-state index contributed by atoms with van der Waals surface area (Å²) in [5.74, 6) is -7.80. The van der Waals surface area contributed by atoms with Gasteiger partial charge in [0.05, 0.1) is 46.6 Å². The van der Waals surface area contributed by atoms with E-state index < -0.39 is 75.4 Å². The highest BCUT2D eigenvalue weighted by molar-refractivity contribution is 14.1. The average molecular weight is 903 g/mol. The number of methoxy groups -OCH3 is 1. The summed E-state index contributed by atoms with van der Waals surface area (Å²) in [6, 6.07) is 18.5. The number of pyridine rings is 1. The highest BCUT2D eigenvalue weighted by Gasteiger charge is 2.71. The van der Waals surface area contributed by atoms with E-state index in [1.54, 1.807) is 60.7 Å². The molecule has 0 bridgehead atoms. The van der Waals surface area contributed by atoms with Crippen LogP contribution >= 0.6 is 45.8 Å². The molecule has 6 unspecified atom stereocenters. The SMILES string of the molecule is COc1cccc(O)c1C1C2=CCC3C(=O)N(c4ccc(I)cc4)C(=O)C3C2CC2C(=O)N(Nc3ncc(C(F)(F)F)cc3Cl)C(=O)C21c1ccc(Cl)cc1. The molecule has 1 aromatic heterocycles. The molecule has 0 radical (unpaired) electrons. The number of amides is 4. The summed E-state index contributed by atoms with van der Waals surface area (Å²) >= 11 is 14.7. The average Bonchev–Trinajstić information content (AvgIpc) is 3.53. The summed E-state index contributed by atoms with van der Waals surface area (Å²) < 4.78 is 47.1. The standard InChI is InChI=1S/C39H28Cl2F3IN4O6/c1-55-29-4-2-3-28(50)31(29)32-23-13-14-24-30(36(53)48(34(24)51)22-11-9-21(45)10-12-22)25(23)16-26-35(52)49(37(54)38(26,32)18-5-7-20(40)8-6-18)47-33-27(41)15-19(17-46-33)39(42,43)44/h2-13,15,17,24-26,30,32,50H,14,16H2,1H3,(H,46,47). The van der Waals surface area contributed by atoms with Gasteiger partial charge in [-0.1, -0.05) is 53.1 Å². The van der Waals surface area contributed by atoms with Gasteiger partial charge in [-0.05, 0) is 102 Å². The number of ether oxygens (including phenoxy) is 1. The molecular formula is C39H28Cl2F3IN4O6. The molecule has 2 N–H and O–H groups in total. The van der Waals surface area contributed by atoms with Crippen LogP contribution in [-0.4, -0.2) is 45.8 Å². The number of halogens is 6. The van der Waals surface area contributed by atoms with Crippen LogP contribution in [0, 0.1) is 27.2 Å². The van der Waals surface area contributed by atoms with Gasteiger partial charge in [-0.25, -0.2) is 4.98 Å². The van der Waals surface area contributed by atoms with E-state index in [1.165, 1.54) is 18.1 Å². The number of alkyl halides is 3. The molecule has 4 aliphatic rings. The zero-order valence-corrected chi connectivity index (χ0v) is 32.2. The number of anilines is 2. The number of rotatable bonds is 6. The lowest BCUT2D eigenvalue weighted by molar-refractivity contribution is -0.139. The smallest absolute Gasteiger partial charge is 0.417 e. The van der Waals surface area contributed by atoms with Gasteiger partial charge in [0.1, 0.15) is 11.5 Å². The van der Waals surface area contributed by atoms with E-state index in [1.807, 2.05) is 6.08 Å². The number of carbonyl (C=O) groups excluding carboxylic acids is 4. The van der Waals surface area contributed by atoms with Crippen LogP contribution in [0.15, 0.2) is 90.6 Å². The number of hydrogen-bond acceptors (Lipinski definition) is 8. The van der Waals surface area contributed by atoms with Gasteiger partial charge < -0.3 is 9.84 Å². The van der Waals surface area contributed by atoms with Gasteiger partial charge in [0, 0.05) is 26.3 Å². The number of phenols is 1. The number of nitrogens with zero attached hydrogens (tertiary/aromatic N) is 3. The van der Waals surface area contributed by atoms with Crippen molar-refractivity contribution in [3.8, 4) is 11.5 Å². The number of imide groups is 2. The molecular weight excluding hydrogens is 875 g/mol. The second-order valence-corrected chi connectivity index (χ2v) is 15.9. The maximum atomic E-state index is 15.4. The molecule has 55 heavy (non-hydrogen) atoms. The predicted molar refractivity (Wildman–Crippen MR) is 203 cm³/mol. The van der Waals surface area contributed by atoms with Crippen LogP contribution in [-0.2, 0) is 30.8 Å². The summed E-state index contributed by atoms with van der Waals surface area (Å²) in [4.78, 5) is 63.7. The van der Waals surface area contributed by atoms with Gasteiger partial charge in [0.15, 0.2) is 5.82 Å². The van der Waals surface area contributed by atoms with E-state index in [0.717, 1.165) is 3.57 Å². The number of benzene rings is 3. The summed E-state index contributed by atoms with van der Waals surface area (Å²) in [6.07, 6.45) is -2.37. The van der Waals surface area contributed by atoms with Gasteiger partial charge >= 0.3 is 6.18 Å². The number of nitrogens with one attached hydrogen (secondary N) is 1. The Hall–Kier alpha value is -4.67. The molecule has 6 atom stereocenters. The second kappa shape index (κ2) is 13.5. The van der Waals surface area contributed by atoms with Crippen molar-refractivity contribution in [2.45, 2.75) is 30.4 Å². The molecule has 1 saturated carbocycles. The van der Waals surface area contributed by atoms with Crippen LogP contribution in [0.25, 0.3) is 0 Å². The highest BCUT2D eigenvalue weighted by Crippen LogP contribution is 2.66. The maximum Gasteiger partial charge on any atom is 0.417 e. The minimum atomic E-state index is -4.76. The molecule has 3 heterocycles. The number of fused-ring (bicyclic) bond motifs is 4. The molecule has 10 nitrogen and oxygen atoms in total. The van der Waals surface area contributed by atoms with Gasteiger partial charge in [-0.3, -0.25) is 29.5 Å². The quantitative estimate of drug-likeness (QED) is 0.114. The van der Waals surface area contributed by atoms with Crippen LogP contribution in [0.5, 0.6) is 11.5 Å². The van der Waals surface area contributed by atoms with Crippen molar-refractivity contribution in [1.29, 1.82) is 0 Å². The van der Waals surface area contributed by atoms with E-state index in [2.05, 4.69) is 33.0 Å². The molecule has 4 aromatic rings. The van der Waals surface area contributed by atoms with Crippen LogP contribution < -0.4 is 15.1 Å². The first-order valence-corrected chi connectivity index (χ1v) is 18.8. The van der Waals surface area contributed by atoms with Crippen molar-refractivity contribution in [2.75, 3.05) is 17.4 Å². The second-order valence-electron chi connectivity index (χ2n) is 13.8. The van der Waals surface area contributed by atoms with Gasteiger partial charge in [-0.2, -0.15) is 18.2 Å². The Bertz CT molecular complexity index is 2330. The van der Waals surface area contributed by atoms with Crippen molar-refractivity contribution in [3.63, 3.8) is 0 Å². The predicted octanol–water partition coefficient (Wildman–Crippen LogP) is 7.92. The lowest BCUT2D eigenvalue weighted by atomic mass is 9.49. The van der Waals surface area contributed by atoms with E-state index >= 15 is 4.79 Å². The highest BCUT2D eigenvalue weighted by atomic mass is 127. The van der Waals surface area contributed by atoms with Crippen LogP contribution in [0.1, 0.15) is 35.4 Å². The zero-order chi connectivity index (χ0) is 39.1. The number of aromatic nitrogens is 1. The van der Waals surface area contributed by atoms with Gasteiger partial charge in [0.2, 0.25) is 11.8 Å². The molecule has 3 aromatic carbocycles. The number of carbonyl (C=O) groups is 4. The number of hydrogen-bond donors (Lipinski definition) is 2. The fraction of sp³-hybridized carbons (Fsp3) is 0.256. The first kappa shape index (κ1) is 37.3. The lowest BCUT2D eigenvalue weighted by Crippen LogP contribution is -2.53. The van der Waals surface area contributed by atoms with E-state index in [4.69, 9.17) is 27.9 Å². The number of phenolic OH excluding ortho intramolecular Hbond substituents is 1. The van der Waals surface area contributed by atoms with Gasteiger partial charge in [-0.15, -0.1) is 0 Å². The molecule has 0 spiro atoms. The third kappa shape index (κ3) is 5.69. The fourth-order valence-corrected chi connectivity index (χ4v) is 9.64. The Labute approximate surface area is 335 Å². The van der Waals surface area contributed by atoms with Gasteiger partial charge in [0.25, 0.3) is 11.8 Å². The van der Waals surface area contributed by atoms with E-state index in [-0.39, 0.29) is 35.7 Å². The summed E-state index contributed by atoms with van der Waals surface area (Å²) in [5.41, 5.74) is 1.06. The third-order valence-electron chi connectivity index (χ3n) is 11.2. The molecule has 8 rings (SSSR count). The van der Waals surface area contributed by atoms with Crippen molar-refractivity contribution in [2.24, 2.45) is 23.7 Å². The topological polar surface area (TPSA) is 129 Å². The Balaban J connectivity index is 1.33. The molecule has 2 saturated heterocycles. The zero-order valence-electron chi connectivity index (χ0n) is 28.5. The van der Waals surface area contributed by atoms with E-state index in [9.17, 15) is 32.7 Å². The van der Waals surface area contributed by atoms with Crippen molar-refractivity contribution < 1.29 is 42.2 Å². The molecule has 4 amide bonds. The molecule has 282 valence electrons. The minimum absolute atomic E-state index is 0.0848. The van der Waals surface area contributed by atoms with Crippen LogP contribution in [0.4, 0.5) is 24.7 Å². The van der Waals surface area contributed by atoms with Crippen molar-refractivity contribution in [1.82, 2.24) is 9.99 Å². The number of hydrazine groups is 1. The number of allylic oxidation sites excluding steroid dienone is 2. The molecule has 2 aliphatic carbocycles. The van der Waals surface area contributed by atoms with Crippen molar-refractivity contribution >= 4 is 80.9 Å². The molecule has 16 heteroatoms. The Kier molecular flexibility index (Phi) is 9.16. The maximum absolute atomic E-state index is 15.4. The first-order valence-electron chi connectivity index (χ1n) is 17.0. The lowest BCUT2D eigenvalue weighted by Gasteiger charge is -2.50. The monoisotopic (exact) mass is 902 g/mol.